The minimum atomic E-state index is -0.149. The summed E-state index contributed by atoms with van der Waals surface area (Å²) in [6, 6.07) is 2.44. The van der Waals surface area contributed by atoms with Crippen LogP contribution in [0, 0.1) is 11.3 Å². The summed E-state index contributed by atoms with van der Waals surface area (Å²) in [5.74, 6) is 0. The summed E-state index contributed by atoms with van der Waals surface area (Å²) in [6.07, 6.45) is 0. The summed E-state index contributed by atoms with van der Waals surface area (Å²) >= 11 is 0. The molecule has 0 heterocycles. The van der Waals surface area contributed by atoms with Gasteiger partial charge in [-0.2, -0.15) is 5.26 Å². The Labute approximate surface area is 105 Å². The van der Waals surface area contributed by atoms with Crippen molar-refractivity contribution in [2.24, 2.45) is 0 Å². The summed E-state index contributed by atoms with van der Waals surface area (Å²) < 4.78 is 10.1. The van der Waals surface area contributed by atoms with Crippen molar-refractivity contribution < 1.29 is 9.47 Å². The molecular weight excluding hydrogens is 218 g/mol. The van der Waals surface area contributed by atoms with Crippen LogP contribution in [0.1, 0.15) is 13.8 Å². The van der Waals surface area contributed by atoms with Crippen molar-refractivity contribution in [1.82, 2.24) is 10.2 Å². The monoisotopic (exact) mass is 243 g/mol. The molecule has 0 amide bonds. The second-order valence-corrected chi connectivity index (χ2v) is 4.29. The van der Waals surface area contributed by atoms with Crippen molar-refractivity contribution in [3.63, 3.8) is 0 Å². The first-order valence-corrected chi connectivity index (χ1v) is 6.00. The van der Waals surface area contributed by atoms with Gasteiger partial charge in [-0.15, -0.1) is 0 Å². The standard InChI is InChI=1S/C12H25N3O2/c1-11(2)14-12(9-13)10-15(5-7-16-3)6-8-17-4/h11-12,14H,5-8,10H2,1-4H3. The molecule has 5 heteroatoms. The van der Waals surface area contributed by atoms with Gasteiger partial charge >= 0.3 is 0 Å². The minimum absolute atomic E-state index is 0.149. The number of hydrogen-bond acceptors (Lipinski definition) is 5. The van der Waals surface area contributed by atoms with Gasteiger partial charge < -0.3 is 9.47 Å². The third kappa shape index (κ3) is 9.07. The molecule has 1 N–H and O–H groups in total. The molecule has 100 valence electrons. The van der Waals surface area contributed by atoms with Crippen LogP contribution in [0.5, 0.6) is 0 Å². The van der Waals surface area contributed by atoms with E-state index in [-0.39, 0.29) is 6.04 Å². The predicted molar refractivity (Wildman–Crippen MR) is 67.9 cm³/mol. The van der Waals surface area contributed by atoms with Gasteiger partial charge in [-0.3, -0.25) is 10.2 Å². The lowest BCUT2D eigenvalue weighted by Crippen LogP contribution is -2.44. The highest BCUT2D eigenvalue weighted by Crippen LogP contribution is 1.95. The number of ether oxygens (including phenoxy) is 2. The maximum Gasteiger partial charge on any atom is 0.108 e. The molecule has 0 saturated heterocycles. The zero-order chi connectivity index (χ0) is 13.1. The molecule has 1 atom stereocenters. The number of hydrogen-bond donors (Lipinski definition) is 1. The van der Waals surface area contributed by atoms with Crippen molar-refractivity contribution in [3.8, 4) is 6.07 Å². The SMILES string of the molecule is COCCN(CCOC)CC(C#N)NC(C)C. The highest BCUT2D eigenvalue weighted by Gasteiger charge is 2.14. The van der Waals surface area contributed by atoms with E-state index in [1.165, 1.54) is 0 Å². The first-order chi connectivity index (χ1) is 8.13. The first kappa shape index (κ1) is 16.3. The van der Waals surface area contributed by atoms with Crippen LogP contribution in [0.15, 0.2) is 0 Å². The van der Waals surface area contributed by atoms with Gasteiger partial charge in [0.05, 0.1) is 19.3 Å². The molecule has 0 aromatic rings. The van der Waals surface area contributed by atoms with E-state index in [4.69, 9.17) is 14.7 Å². The van der Waals surface area contributed by atoms with E-state index in [0.29, 0.717) is 25.8 Å². The van der Waals surface area contributed by atoms with Crippen LogP contribution in [-0.4, -0.2) is 64.1 Å². The van der Waals surface area contributed by atoms with E-state index < -0.39 is 0 Å². The fourth-order valence-electron chi connectivity index (χ4n) is 1.53. The quantitative estimate of drug-likeness (QED) is 0.604. The number of methoxy groups -OCH3 is 2. The van der Waals surface area contributed by atoms with Gasteiger partial charge in [0.25, 0.3) is 0 Å². The molecule has 17 heavy (non-hydrogen) atoms. The van der Waals surface area contributed by atoms with Gasteiger partial charge in [-0.05, 0) is 13.8 Å². The van der Waals surface area contributed by atoms with Gasteiger partial charge in [0, 0.05) is 39.9 Å². The molecule has 0 radical (unpaired) electrons. The lowest BCUT2D eigenvalue weighted by Gasteiger charge is -2.25. The summed E-state index contributed by atoms with van der Waals surface area (Å²) in [7, 11) is 3.37. The van der Waals surface area contributed by atoms with Crippen LogP contribution in [0.2, 0.25) is 0 Å². The zero-order valence-electron chi connectivity index (χ0n) is 11.4. The molecule has 0 aliphatic rings. The second-order valence-electron chi connectivity index (χ2n) is 4.29. The summed E-state index contributed by atoms with van der Waals surface area (Å²) in [5.41, 5.74) is 0. The number of rotatable bonds is 10. The highest BCUT2D eigenvalue weighted by atomic mass is 16.5. The predicted octanol–water partition coefficient (Wildman–Crippen LogP) is 0.471. The van der Waals surface area contributed by atoms with Gasteiger partial charge in [-0.25, -0.2) is 0 Å². The van der Waals surface area contributed by atoms with Gasteiger partial charge in [0.2, 0.25) is 0 Å². The molecule has 1 unspecified atom stereocenters. The Kier molecular flexibility index (Phi) is 10.1. The van der Waals surface area contributed by atoms with Crippen molar-refractivity contribution in [3.05, 3.63) is 0 Å². The van der Waals surface area contributed by atoms with Crippen LogP contribution in [0.4, 0.5) is 0 Å². The highest BCUT2D eigenvalue weighted by molar-refractivity contribution is 4.93. The Balaban J connectivity index is 4.12. The van der Waals surface area contributed by atoms with E-state index in [1.807, 2.05) is 13.8 Å². The van der Waals surface area contributed by atoms with E-state index in [2.05, 4.69) is 16.3 Å². The van der Waals surface area contributed by atoms with Crippen LogP contribution >= 0.6 is 0 Å². The molecule has 0 bridgehead atoms. The van der Waals surface area contributed by atoms with Crippen molar-refractivity contribution in [1.29, 1.82) is 5.26 Å². The third-order valence-corrected chi connectivity index (χ3v) is 2.35. The number of nitrogens with one attached hydrogen (secondary N) is 1. The average molecular weight is 243 g/mol. The average Bonchev–Trinajstić information content (AvgIpc) is 2.30. The van der Waals surface area contributed by atoms with E-state index in [1.54, 1.807) is 14.2 Å². The molecule has 0 aromatic heterocycles. The number of nitrogens with zero attached hydrogens (tertiary/aromatic N) is 2. The maximum atomic E-state index is 9.07. The lowest BCUT2D eigenvalue weighted by atomic mass is 10.2. The van der Waals surface area contributed by atoms with Gasteiger partial charge in [-0.1, -0.05) is 0 Å². The summed E-state index contributed by atoms with van der Waals surface area (Å²) in [6.45, 7) is 7.75. The topological polar surface area (TPSA) is 57.5 Å². The molecular formula is C12H25N3O2. The summed E-state index contributed by atoms with van der Waals surface area (Å²) in [4.78, 5) is 2.18. The fourth-order valence-corrected chi connectivity index (χ4v) is 1.53. The zero-order valence-corrected chi connectivity index (χ0v) is 11.4. The normalized spacial score (nSPS) is 13.0. The Hall–Kier alpha value is -0.670. The summed E-state index contributed by atoms with van der Waals surface area (Å²) in [5, 5.41) is 12.3. The van der Waals surface area contributed by atoms with Crippen LogP contribution < -0.4 is 5.32 Å². The molecule has 0 rings (SSSR count). The van der Waals surface area contributed by atoms with Crippen LogP contribution in [0.3, 0.4) is 0 Å². The van der Waals surface area contributed by atoms with E-state index in [9.17, 15) is 0 Å². The molecule has 0 aromatic carbocycles. The van der Waals surface area contributed by atoms with Gasteiger partial charge in [0.15, 0.2) is 0 Å². The van der Waals surface area contributed by atoms with Crippen LogP contribution in [-0.2, 0) is 9.47 Å². The first-order valence-electron chi connectivity index (χ1n) is 6.00. The lowest BCUT2D eigenvalue weighted by molar-refractivity contribution is 0.110. The Bertz CT molecular complexity index is 208. The Morgan fingerprint density at radius 3 is 2.06 bits per heavy atom. The Morgan fingerprint density at radius 2 is 1.71 bits per heavy atom. The second kappa shape index (κ2) is 10.5. The maximum absolute atomic E-state index is 9.07. The molecule has 0 spiro atoms. The number of nitriles is 1. The van der Waals surface area contributed by atoms with Crippen LogP contribution in [0.25, 0.3) is 0 Å². The molecule has 0 saturated carbocycles. The smallest absolute Gasteiger partial charge is 0.108 e. The van der Waals surface area contributed by atoms with Crippen molar-refractivity contribution in [2.45, 2.75) is 25.9 Å². The van der Waals surface area contributed by atoms with E-state index in [0.717, 1.165) is 13.1 Å². The molecule has 5 nitrogen and oxygen atoms in total. The molecule has 0 aliphatic heterocycles. The van der Waals surface area contributed by atoms with Gasteiger partial charge in [0.1, 0.15) is 6.04 Å². The van der Waals surface area contributed by atoms with Crippen molar-refractivity contribution >= 4 is 0 Å². The largest absolute Gasteiger partial charge is 0.383 e. The minimum Gasteiger partial charge on any atom is -0.383 e. The fraction of sp³-hybridized carbons (Fsp3) is 0.917. The Morgan fingerprint density at radius 1 is 1.18 bits per heavy atom. The van der Waals surface area contributed by atoms with Crippen molar-refractivity contribution in [2.75, 3.05) is 47.1 Å². The van der Waals surface area contributed by atoms with E-state index >= 15 is 0 Å². The molecule has 0 fully saturated rings. The third-order valence-electron chi connectivity index (χ3n) is 2.35. The molecule has 0 aliphatic carbocycles.